The summed E-state index contributed by atoms with van der Waals surface area (Å²) in [6.45, 7) is 4.03. The molecule has 10 heteroatoms. The highest BCUT2D eigenvalue weighted by molar-refractivity contribution is 7.89. The second kappa shape index (κ2) is 12.2. The summed E-state index contributed by atoms with van der Waals surface area (Å²) in [5.74, 6) is 0. The van der Waals surface area contributed by atoms with E-state index in [4.69, 9.17) is 21.1 Å². The van der Waals surface area contributed by atoms with E-state index in [0.29, 0.717) is 43.6 Å². The molecule has 0 radical (unpaired) electrons. The van der Waals surface area contributed by atoms with Gasteiger partial charge in [-0.1, -0.05) is 24.4 Å². The minimum absolute atomic E-state index is 0.0396. The lowest BCUT2D eigenvalue weighted by atomic mass is 9.99. The van der Waals surface area contributed by atoms with Gasteiger partial charge in [0.2, 0.25) is 10.0 Å². The van der Waals surface area contributed by atoms with E-state index in [-0.39, 0.29) is 23.6 Å². The molecule has 0 N–H and O–H groups in total. The largest absolute Gasteiger partial charge is 0.448 e. The van der Waals surface area contributed by atoms with Crippen LogP contribution in [-0.2, 0) is 19.5 Å². The van der Waals surface area contributed by atoms with E-state index in [9.17, 15) is 13.2 Å². The molecule has 1 aromatic carbocycles. The highest BCUT2D eigenvalue weighted by atomic mass is 35.5. The number of ether oxygens (including phenoxy) is 2. The van der Waals surface area contributed by atoms with Crippen molar-refractivity contribution in [1.82, 2.24) is 14.1 Å². The zero-order valence-corrected chi connectivity index (χ0v) is 22.2. The van der Waals surface area contributed by atoms with Crippen LogP contribution in [0.25, 0.3) is 0 Å². The first-order chi connectivity index (χ1) is 16.9. The third kappa shape index (κ3) is 6.49. The molecule has 3 aliphatic rings. The summed E-state index contributed by atoms with van der Waals surface area (Å²) in [5.41, 5.74) is 0. The number of nitrogens with zero attached hydrogens (tertiary/aromatic N) is 3. The number of piperidine rings is 3. The van der Waals surface area contributed by atoms with Crippen LogP contribution in [0, 0.1) is 0 Å². The Morgan fingerprint density at radius 1 is 0.914 bits per heavy atom. The molecule has 2 atom stereocenters. The van der Waals surface area contributed by atoms with E-state index in [1.807, 2.05) is 0 Å². The van der Waals surface area contributed by atoms with Crippen LogP contribution < -0.4 is 0 Å². The zero-order valence-electron chi connectivity index (χ0n) is 20.6. The van der Waals surface area contributed by atoms with Crippen LogP contribution >= 0.6 is 11.6 Å². The normalized spacial score (nSPS) is 25.5. The molecule has 8 nitrogen and oxygen atoms in total. The van der Waals surface area contributed by atoms with Crippen molar-refractivity contribution < 1.29 is 22.7 Å². The lowest BCUT2D eigenvalue weighted by Gasteiger charge is -2.41. The molecule has 1 aromatic rings. The number of hydrogen-bond donors (Lipinski definition) is 0. The number of likely N-dealkylation sites (tertiary alicyclic amines) is 2. The second-order valence-corrected chi connectivity index (χ2v) is 12.2. The van der Waals surface area contributed by atoms with Crippen LogP contribution in [0.15, 0.2) is 29.2 Å². The first kappa shape index (κ1) is 26.7. The fraction of sp³-hybridized carbons (Fsp3) is 0.720. The van der Waals surface area contributed by atoms with Crippen molar-refractivity contribution in [3.05, 3.63) is 29.3 Å². The lowest BCUT2D eigenvalue weighted by Crippen LogP contribution is -2.54. The van der Waals surface area contributed by atoms with E-state index in [1.165, 1.54) is 35.7 Å². The van der Waals surface area contributed by atoms with E-state index in [0.717, 1.165) is 32.4 Å². The number of carbonyl (C=O) groups excluding carboxylic acids is 1. The van der Waals surface area contributed by atoms with Crippen LogP contribution in [0.4, 0.5) is 4.79 Å². The molecule has 0 bridgehead atoms. The predicted molar refractivity (Wildman–Crippen MR) is 135 cm³/mol. The van der Waals surface area contributed by atoms with Gasteiger partial charge in [0.05, 0.1) is 17.5 Å². The quantitative estimate of drug-likeness (QED) is 0.533. The highest BCUT2D eigenvalue weighted by Gasteiger charge is 2.41. The van der Waals surface area contributed by atoms with Gasteiger partial charge in [-0.15, -0.1) is 0 Å². The summed E-state index contributed by atoms with van der Waals surface area (Å²) in [6.07, 6.45) is 7.62. The molecule has 3 aliphatic heterocycles. The summed E-state index contributed by atoms with van der Waals surface area (Å²) < 4.78 is 39.8. The fourth-order valence-electron chi connectivity index (χ4n) is 5.72. The van der Waals surface area contributed by atoms with Crippen molar-refractivity contribution in [2.45, 2.75) is 74.4 Å². The second-order valence-electron chi connectivity index (χ2n) is 9.87. The Balaban J connectivity index is 1.38. The Morgan fingerprint density at radius 2 is 1.54 bits per heavy atom. The van der Waals surface area contributed by atoms with E-state index in [1.54, 1.807) is 24.1 Å². The Bertz CT molecular complexity index is 929. The molecule has 3 fully saturated rings. The molecule has 4 rings (SSSR count). The number of benzene rings is 1. The van der Waals surface area contributed by atoms with Crippen molar-refractivity contribution in [1.29, 1.82) is 0 Å². The number of halogens is 1. The zero-order chi connectivity index (χ0) is 24.8. The van der Waals surface area contributed by atoms with Crippen LogP contribution in [-0.4, -0.2) is 93.2 Å². The number of amides is 1. The average molecular weight is 528 g/mol. The number of hydrogen-bond acceptors (Lipinski definition) is 6. The summed E-state index contributed by atoms with van der Waals surface area (Å²) in [6, 6.07) is 6.00. The van der Waals surface area contributed by atoms with Gasteiger partial charge in [-0.05, 0) is 75.9 Å². The number of carbonyl (C=O) groups is 1. The SMILES string of the molecule is COC[C@H]1CCC[C@@H](COC(=O)N2CCC(N3CCCCC3)CC2)N1S(=O)(=O)c1ccc(Cl)cc1. The maximum atomic E-state index is 13.6. The van der Waals surface area contributed by atoms with Gasteiger partial charge in [0.15, 0.2) is 0 Å². The molecule has 1 amide bonds. The molecule has 0 aliphatic carbocycles. The van der Waals surface area contributed by atoms with Crippen LogP contribution in [0.5, 0.6) is 0 Å². The van der Waals surface area contributed by atoms with Gasteiger partial charge in [-0.2, -0.15) is 4.31 Å². The topological polar surface area (TPSA) is 79.4 Å². The Kier molecular flexibility index (Phi) is 9.32. The van der Waals surface area contributed by atoms with Crippen molar-refractivity contribution in [3.8, 4) is 0 Å². The molecule has 3 saturated heterocycles. The van der Waals surface area contributed by atoms with Crippen molar-refractivity contribution in [2.75, 3.05) is 46.5 Å². The molecular formula is C25H38ClN3O5S. The van der Waals surface area contributed by atoms with Crippen molar-refractivity contribution >= 4 is 27.7 Å². The van der Waals surface area contributed by atoms with Gasteiger partial charge >= 0.3 is 6.09 Å². The molecule has 0 unspecified atom stereocenters. The van der Waals surface area contributed by atoms with Crippen molar-refractivity contribution in [3.63, 3.8) is 0 Å². The first-order valence-electron chi connectivity index (χ1n) is 12.8. The lowest BCUT2D eigenvalue weighted by molar-refractivity contribution is 0.0325. The number of methoxy groups -OCH3 is 1. The Labute approximate surface area is 214 Å². The van der Waals surface area contributed by atoms with Gasteiger partial charge in [0.25, 0.3) is 0 Å². The summed E-state index contributed by atoms with van der Waals surface area (Å²) in [7, 11) is -2.23. The molecule has 196 valence electrons. The monoisotopic (exact) mass is 527 g/mol. The maximum Gasteiger partial charge on any atom is 0.409 e. The van der Waals surface area contributed by atoms with E-state index < -0.39 is 16.1 Å². The average Bonchev–Trinajstić information content (AvgIpc) is 2.88. The van der Waals surface area contributed by atoms with Gasteiger partial charge in [-0.25, -0.2) is 13.2 Å². The number of sulfonamides is 1. The molecule has 3 heterocycles. The Morgan fingerprint density at radius 3 is 2.17 bits per heavy atom. The molecule has 0 spiro atoms. The third-order valence-corrected chi connectivity index (χ3v) is 9.84. The van der Waals surface area contributed by atoms with Crippen LogP contribution in [0.1, 0.15) is 51.4 Å². The standard InChI is InChI=1S/C25H38ClN3O5S/c1-33-18-22-6-5-7-23(29(22)35(31,32)24-10-8-20(26)9-11-24)19-34-25(30)28-16-12-21(13-17-28)27-14-3-2-4-15-27/h8-11,21-23H,2-7,12-19H2,1H3/t22-,23+/m1/s1. The van der Waals surface area contributed by atoms with Gasteiger partial charge in [-0.3, -0.25) is 0 Å². The molecule has 0 aromatic heterocycles. The van der Waals surface area contributed by atoms with Gasteiger partial charge < -0.3 is 19.3 Å². The maximum absolute atomic E-state index is 13.6. The third-order valence-electron chi connectivity index (χ3n) is 7.57. The molecular weight excluding hydrogens is 490 g/mol. The summed E-state index contributed by atoms with van der Waals surface area (Å²) >= 11 is 5.97. The van der Waals surface area contributed by atoms with Crippen LogP contribution in [0.2, 0.25) is 5.02 Å². The first-order valence-corrected chi connectivity index (χ1v) is 14.7. The van der Waals surface area contributed by atoms with Gasteiger partial charge in [0.1, 0.15) is 6.61 Å². The van der Waals surface area contributed by atoms with Crippen LogP contribution in [0.3, 0.4) is 0 Å². The summed E-state index contributed by atoms with van der Waals surface area (Å²) in [4.78, 5) is 17.4. The van der Waals surface area contributed by atoms with E-state index >= 15 is 0 Å². The Hall–Kier alpha value is -1.39. The highest BCUT2D eigenvalue weighted by Crippen LogP contribution is 2.31. The minimum Gasteiger partial charge on any atom is -0.448 e. The minimum atomic E-state index is -3.81. The van der Waals surface area contributed by atoms with Gasteiger partial charge in [0, 0.05) is 37.3 Å². The van der Waals surface area contributed by atoms with Crippen molar-refractivity contribution in [2.24, 2.45) is 0 Å². The molecule has 35 heavy (non-hydrogen) atoms. The molecule has 0 saturated carbocycles. The number of rotatable bonds is 7. The van der Waals surface area contributed by atoms with E-state index in [2.05, 4.69) is 4.90 Å². The fourth-order valence-corrected chi connectivity index (χ4v) is 7.69. The predicted octanol–water partition coefficient (Wildman–Crippen LogP) is 3.99. The summed E-state index contributed by atoms with van der Waals surface area (Å²) in [5, 5.41) is 0.477. The smallest absolute Gasteiger partial charge is 0.409 e.